The zero-order chi connectivity index (χ0) is 28.9. The molecule has 5 rings (SSSR count). The van der Waals surface area contributed by atoms with Crippen molar-refractivity contribution in [3.63, 3.8) is 0 Å². The van der Waals surface area contributed by atoms with E-state index >= 15 is 0 Å². The SMILES string of the molecule is C=CCOc1ccc(C2C(C(=O)c3cc4cccc(OC)c4o3)=C(O)C(=O)N2CCc2ccccc2)cc1OCC. The lowest BCUT2D eigenvalue weighted by molar-refractivity contribution is -0.129. The molecule has 1 aliphatic rings. The van der Waals surface area contributed by atoms with E-state index < -0.39 is 23.5 Å². The maximum absolute atomic E-state index is 14.0. The summed E-state index contributed by atoms with van der Waals surface area (Å²) in [7, 11) is 1.52. The molecule has 0 bridgehead atoms. The van der Waals surface area contributed by atoms with Gasteiger partial charge in [-0.2, -0.15) is 0 Å². The Morgan fingerprint density at radius 1 is 1.02 bits per heavy atom. The fraction of sp³-hybridized carbons (Fsp3) is 0.212. The first kappa shape index (κ1) is 27.6. The van der Waals surface area contributed by atoms with E-state index in [-0.39, 0.29) is 24.5 Å². The van der Waals surface area contributed by atoms with Crippen LogP contribution in [0.4, 0.5) is 0 Å². The van der Waals surface area contributed by atoms with Crippen LogP contribution >= 0.6 is 0 Å². The van der Waals surface area contributed by atoms with Gasteiger partial charge in [0.25, 0.3) is 5.91 Å². The van der Waals surface area contributed by atoms with Crippen molar-refractivity contribution >= 4 is 22.7 Å². The zero-order valence-electron chi connectivity index (χ0n) is 23.0. The van der Waals surface area contributed by atoms with Gasteiger partial charge in [-0.15, -0.1) is 0 Å². The minimum Gasteiger partial charge on any atom is -0.503 e. The predicted molar refractivity (Wildman–Crippen MR) is 155 cm³/mol. The molecular weight excluding hydrogens is 522 g/mol. The number of methoxy groups -OCH3 is 1. The molecule has 0 spiro atoms. The molecule has 8 heteroatoms. The molecule has 1 aliphatic heterocycles. The van der Waals surface area contributed by atoms with E-state index in [9.17, 15) is 14.7 Å². The number of carbonyl (C=O) groups is 2. The quantitative estimate of drug-likeness (QED) is 0.164. The number of fused-ring (bicyclic) bond motifs is 1. The number of aliphatic hydroxyl groups excluding tert-OH is 1. The molecule has 4 aromatic rings. The molecule has 1 unspecified atom stereocenters. The maximum atomic E-state index is 14.0. The molecule has 1 aromatic heterocycles. The van der Waals surface area contributed by atoms with Gasteiger partial charge in [0.15, 0.2) is 34.4 Å². The van der Waals surface area contributed by atoms with Crippen LogP contribution < -0.4 is 14.2 Å². The van der Waals surface area contributed by atoms with Crippen LogP contribution in [0.15, 0.2) is 101 Å². The van der Waals surface area contributed by atoms with Crippen LogP contribution in [0.1, 0.15) is 34.6 Å². The molecule has 1 N–H and O–H groups in total. The van der Waals surface area contributed by atoms with Crippen molar-refractivity contribution in [1.29, 1.82) is 0 Å². The van der Waals surface area contributed by atoms with Crippen molar-refractivity contribution in [3.05, 3.63) is 114 Å². The number of rotatable bonds is 12. The molecule has 0 fully saturated rings. The van der Waals surface area contributed by atoms with Gasteiger partial charge in [0, 0.05) is 11.9 Å². The second kappa shape index (κ2) is 12.0. The van der Waals surface area contributed by atoms with Crippen molar-refractivity contribution < 1.29 is 33.3 Å². The van der Waals surface area contributed by atoms with Crippen molar-refractivity contribution in [1.82, 2.24) is 4.90 Å². The number of nitrogens with zero attached hydrogens (tertiary/aromatic N) is 1. The van der Waals surface area contributed by atoms with Gasteiger partial charge in [-0.05, 0) is 48.7 Å². The Bertz CT molecular complexity index is 1620. The number of benzene rings is 3. The lowest BCUT2D eigenvalue weighted by atomic mass is 9.94. The second-order valence-corrected chi connectivity index (χ2v) is 9.46. The van der Waals surface area contributed by atoms with Gasteiger partial charge in [0.1, 0.15) is 6.61 Å². The zero-order valence-corrected chi connectivity index (χ0v) is 23.0. The summed E-state index contributed by atoms with van der Waals surface area (Å²) >= 11 is 0. The Labute approximate surface area is 238 Å². The first-order valence-electron chi connectivity index (χ1n) is 13.4. The highest BCUT2D eigenvalue weighted by Crippen LogP contribution is 2.42. The molecule has 0 saturated carbocycles. The lowest BCUT2D eigenvalue weighted by Gasteiger charge is -2.27. The fourth-order valence-electron chi connectivity index (χ4n) is 5.03. The third kappa shape index (κ3) is 5.41. The normalized spacial score (nSPS) is 14.9. The Morgan fingerprint density at radius 3 is 2.56 bits per heavy atom. The predicted octanol–water partition coefficient (Wildman–Crippen LogP) is 6.23. The first-order chi connectivity index (χ1) is 20.0. The highest BCUT2D eigenvalue weighted by Gasteiger charge is 2.44. The Balaban J connectivity index is 1.58. The number of carbonyl (C=O) groups excluding carboxylic acids is 2. The van der Waals surface area contributed by atoms with Crippen molar-refractivity contribution in [2.75, 3.05) is 26.9 Å². The largest absolute Gasteiger partial charge is 0.503 e. The van der Waals surface area contributed by atoms with Gasteiger partial charge in [-0.3, -0.25) is 9.59 Å². The number of hydrogen-bond donors (Lipinski definition) is 1. The average Bonchev–Trinajstić information content (AvgIpc) is 3.54. The van der Waals surface area contributed by atoms with Crippen LogP contribution in [0.5, 0.6) is 17.2 Å². The van der Waals surface area contributed by atoms with Crippen molar-refractivity contribution in [3.8, 4) is 17.2 Å². The number of hydrogen-bond acceptors (Lipinski definition) is 7. The van der Waals surface area contributed by atoms with Crippen LogP contribution in [0.25, 0.3) is 11.0 Å². The third-order valence-corrected chi connectivity index (χ3v) is 6.92. The van der Waals surface area contributed by atoms with Crippen molar-refractivity contribution in [2.45, 2.75) is 19.4 Å². The molecule has 210 valence electrons. The lowest BCUT2D eigenvalue weighted by Crippen LogP contribution is -2.33. The van der Waals surface area contributed by atoms with Gasteiger partial charge in [-0.25, -0.2) is 0 Å². The number of para-hydroxylation sites is 1. The van der Waals surface area contributed by atoms with Gasteiger partial charge < -0.3 is 28.6 Å². The molecular formula is C33H31NO7. The van der Waals surface area contributed by atoms with E-state index in [4.69, 9.17) is 18.6 Å². The Hall–Kier alpha value is -4.98. The van der Waals surface area contributed by atoms with Gasteiger partial charge in [-0.1, -0.05) is 61.2 Å². The summed E-state index contributed by atoms with van der Waals surface area (Å²) in [6, 6.07) is 21.0. The van der Waals surface area contributed by atoms with Crippen molar-refractivity contribution in [2.24, 2.45) is 0 Å². The number of Topliss-reactive ketones (excluding diaryl/α,β-unsaturated/α-hetero) is 1. The summed E-state index contributed by atoms with van der Waals surface area (Å²) in [5.41, 5.74) is 1.94. The third-order valence-electron chi connectivity index (χ3n) is 6.92. The topological polar surface area (TPSA) is 98.4 Å². The number of ether oxygens (including phenoxy) is 3. The van der Waals surface area contributed by atoms with E-state index in [1.807, 2.05) is 37.3 Å². The number of ketones is 1. The van der Waals surface area contributed by atoms with E-state index in [0.717, 1.165) is 5.56 Å². The number of amides is 1. The molecule has 41 heavy (non-hydrogen) atoms. The Kier molecular flexibility index (Phi) is 8.10. The van der Waals surface area contributed by atoms with Gasteiger partial charge in [0.2, 0.25) is 5.78 Å². The minimum absolute atomic E-state index is 0.00951. The minimum atomic E-state index is -0.888. The average molecular weight is 554 g/mol. The van der Waals surface area contributed by atoms with Gasteiger partial charge >= 0.3 is 0 Å². The molecule has 0 aliphatic carbocycles. The fourth-order valence-corrected chi connectivity index (χ4v) is 5.03. The highest BCUT2D eigenvalue weighted by atomic mass is 16.5. The summed E-state index contributed by atoms with van der Waals surface area (Å²) in [5, 5.41) is 11.8. The molecule has 8 nitrogen and oxygen atoms in total. The van der Waals surface area contributed by atoms with E-state index in [1.54, 1.807) is 48.5 Å². The number of furan rings is 1. The van der Waals surface area contributed by atoms with Gasteiger partial charge in [0.05, 0.1) is 25.3 Å². The molecule has 3 aromatic carbocycles. The van der Waals surface area contributed by atoms with E-state index in [1.165, 1.54) is 12.0 Å². The second-order valence-electron chi connectivity index (χ2n) is 9.46. The molecule has 0 saturated heterocycles. The summed E-state index contributed by atoms with van der Waals surface area (Å²) in [4.78, 5) is 29.0. The summed E-state index contributed by atoms with van der Waals surface area (Å²) < 4.78 is 22.9. The maximum Gasteiger partial charge on any atom is 0.290 e. The molecule has 0 radical (unpaired) electrons. The van der Waals surface area contributed by atoms with E-state index in [2.05, 4.69) is 6.58 Å². The molecule has 1 amide bonds. The van der Waals surface area contributed by atoms with Crippen LogP contribution in [0.3, 0.4) is 0 Å². The Morgan fingerprint density at radius 2 is 1.83 bits per heavy atom. The van der Waals surface area contributed by atoms with E-state index in [0.29, 0.717) is 46.8 Å². The number of aliphatic hydroxyl groups is 1. The summed E-state index contributed by atoms with van der Waals surface area (Å²) in [5.74, 6) is -0.413. The van der Waals surface area contributed by atoms with Crippen LogP contribution in [-0.4, -0.2) is 48.6 Å². The monoisotopic (exact) mass is 553 g/mol. The smallest absolute Gasteiger partial charge is 0.290 e. The summed E-state index contributed by atoms with van der Waals surface area (Å²) in [6.07, 6.45) is 2.16. The molecule has 1 atom stereocenters. The standard InChI is InChI=1S/C33H31NO7/c1-4-18-40-24-15-14-22(19-26(24)39-5-2)29-28(30(35)27-20-23-12-9-13-25(38-3)32(23)41-27)31(36)33(37)34(29)17-16-21-10-7-6-8-11-21/h4,6-15,19-20,29,36H,1,5,16-18H2,2-3H3. The van der Waals surface area contributed by atoms with Crippen LogP contribution in [0, 0.1) is 0 Å². The molecule has 2 heterocycles. The van der Waals surface area contributed by atoms with Crippen LogP contribution in [-0.2, 0) is 11.2 Å². The summed E-state index contributed by atoms with van der Waals surface area (Å²) in [6.45, 7) is 6.47. The first-order valence-corrected chi connectivity index (χ1v) is 13.4. The van der Waals surface area contributed by atoms with Crippen LogP contribution in [0.2, 0.25) is 0 Å². The highest BCUT2D eigenvalue weighted by molar-refractivity contribution is 6.16.